The maximum atomic E-state index is 13.1. The third-order valence-corrected chi connectivity index (χ3v) is 4.70. The molecule has 0 aliphatic heterocycles. The Morgan fingerprint density at radius 3 is 2.35 bits per heavy atom. The summed E-state index contributed by atoms with van der Waals surface area (Å²) in [4.78, 5) is 9.45. The number of anilines is 1. The highest BCUT2D eigenvalue weighted by Crippen LogP contribution is 2.34. The summed E-state index contributed by atoms with van der Waals surface area (Å²) in [5.41, 5.74) is 0.334. The van der Waals surface area contributed by atoms with E-state index in [1.165, 1.54) is 0 Å². The minimum Gasteiger partial charge on any atom is -0.356 e. The molecule has 1 aromatic heterocycles. The first-order valence-electron chi connectivity index (χ1n) is 7.93. The van der Waals surface area contributed by atoms with Gasteiger partial charge < -0.3 is 4.90 Å². The summed E-state index contributed by atoms with van der Waals surface area (Å²) in [6.45, 7) is 2.22. The summed E-state index contributed by atoms with van der Waals surface area (Å²) in [7, 11) is 1.84. The Morgan fingerprint density at radius 2 is 1.70 bits per heavy atom. The van der Waals surface area contributed by atoms with Crippen LogP contribution < -0.4 is 4.90 Å². The summed E-state index contributed by atoms with van der Waals surface area (Å²) in [5, 5.41) is 0.668. The van der Waals surface area contributed by atoms with E-state index < -0.39 is 12.0 Å². The first-order valence-corrected chi connectivity index (χ1v) is 7.93. The molecule has 3 nitrogen and oxygen atoms in total. The largest absolute Gasteiger partial charge is 0.451 e. The van der Waals surface area contributed by atoms with Crippen molar-refractivity contribution in [1.82, 2.24) is 9.97 Å². The van der Waals surface area contributed by atoms with Crippen LogP contribution in [0.3, 0.4) is 0 Å². The van der Waals surface area contributed by atoms with E-state index in [4.69, 9.17) is 0 Å². The molecule has 1 heterocycles. The first kappa shape index (κ1) is 16.0. The van der Waals surface area contributed by atoms with Crippen molar-refractivity contribution in [2.75, 3.05) is 11.9 Å². The van der Waals surface area contributed by atoms with Crippen molar-refractivity contribution in [2.45, 2.75) is 44.8 Å². The first-order chi connectivity index (χ1) is 10.9. The molecule has 0 amide bonds. The Morgan fingerprint density at radius 1 is 1.04 bits per heavy atom. The van der Waals surface area contributed by atoms with Gasteiger partial charge in [-0.2, -0.15) is 13.2 Å². The maximum absolute atomic E-state index is 13.1. The van der Waals surface area contributed by atoms with Gasteiger partial charge >= 0.3 is 6.18 Å². The van der Waals surface area contributed by atoms with Gasteiger partial charge in [0.05, 0.1) is 5.52 Å². The predicted molar refractivity (Wildman–Crippen MR) is 84.4 cm³/mol. The van der Waals surface area contributed by atoms with Crippen molar-refractivity contribution in [1.29, 1.82) is 0 Å². The van der Waals surface area contributed by atoms with E-state index in [2.05, 4.69) is 16.9 Å². The van der Waals surface area contributed by atoms with Gasteiger partial charge in [0.2, 0.25) is 5.82 Å². The van der Waals surface area contributed by atoms with Gasteiger partial charge in [-0.1, -0.05) is 19.1 Å². The molecule has 1 aromatic carbocycles. The average Bonchev–Trinajstić information content (AvgIpc) is 2.53. The van der Waals surface area contributed by atoms with Gasteiger partial charge in [0.25, 0.3) is 0 Å². The molecule has 23 heavy (non-hydrogen) atoms. The number of hydrogen-bond donors (Lipinski definition) is 0. The van der Waals surface area contributed by atoms with E-state index in [-0.39, 0.29) is 6.04 Å². The molecule has 1 fully saturated rings. The molecular weight excluding hydrogens is 303 g/mol. The third kappa shape index (κ3) is 3.26. The topological polar surface area (TPSA) is 29.0 Å². The molecule has 0 spiro atoms. The standard InChI is InChI=1S/C17H20F3N3/c1-11-7-9-12(10-8-11)23(2)15-13-5-3-4-6-14(13)21-16(22-15)17(18,19)20/h3-6,11-12H,7-10H2,1-2H3. The van der Waals surface area contributed by atoms with Crippen LogP contribution in [-0.4, -0.2) is 23.1 Å². The molecule has 0 unspecified atom stereocenters. The molecule has 1 aliphatic carbocycles. The number of alkyl halides is 3. The molecule has 2 aromatic rings. The van der Waals surface area contributed by atoms with Crippen molar-refractivity contribution in [3.63, 3.8) is 0 Å². The fourth-order valence-electron chi connectivity index (χ4n) is 3.26. The lowest BCUT2D eigenvalue weighted by Gasteiger charge is -2.35. The van der Waals surface area contributed by atoms with Gasteiger partial charge in [0, 0.05) is 18.5 Å². The van der Waals surface area contributed by atoms with Crippen LogP contribution in [0.25, 0.3) is 10.9 Å². The van der Waals surface area contributed by atoms with Crippen LogP contribution in [0.15, 0.2) is 24.3 Å². The highest BCUT2D eigenvalue weighted by atomic mass is 19.4. The number of rotatable bonds is 2. The summed E-state index contributed by atoms with van der Waals surface area (Å²) >= 11 is 0. The van der Waals surface area contributed by atoms with Gasteiger partial charge in [-0.15, -0.1) is 0 Å². The molecule has 3 rings (SSSR count). The zero-order valence-corrected chi connectivity index (χ0v) is 13.3. The normalized spacial score (nSPS) is 22.3. The number of halogens is 3. The molecule has 0 bridgehead atoms. The molecule has 0 atom stereocenters. The summed E-state index contributed by atoms with van der Waals surface area (Å²) in [6, 6.07) is 7.12. The van der Waals surface area contributed by atoms with E-state index in [1.54, 1.807) is 24.3 Å². The lowest BCUT2D eigenvalue weighted by molar-refractivity contribution is -0.144. The van der Waals surface area contributed by atoms with E-state index in [0.29, 0.717) is 22.6 Å². The van der Waals surface area contributed by atoms with Gasteiger partial charge in [-0.25, -0.2) is 9.97 Å². The van der Waals surface area contributed by atoms with Crippen LogP contribution in [0.4, 0.5) is 19.0 Å². The molecule has 124 valence electrons. The third-order valence-electron chi connectivity index (χ3n) is 4.70. The quantitative estimate of drug-likeness (QED) is 0.804. The lowest BCUT2D eigenvalue weighted by Crippen LogP contribution is -2.36. The Kier molecular flexibility index (Phi) is 4.17. The second-order valence-corrected chi connectivity index (χ2v) is 6.41. The van der Waals surface area contributed by atoms with Crippen molar-refractivity contribution in [2.24, 2.45) is 5.92 Å². The zero-order chi connectivity index (χ0) is 16.6. The van der Waals surface area contributed by atoms with E-state index in [0.717, 1.165) is 25.7 Å². The lowest BCUT2D eigenvalue weighted by atomic mass is 9.86. The summed E-state index contributed by atoms with van der Waals surface area (Å²) in [6.07, 6.45) is -0.371. The van der Waals surface area contributed by atoms with Crippen molar-refractivity contribution < 1.29 is 13.2 Å². The Bertz CT molecular complexity index is 691. The number of para-hydroxylation sites is 1. The monoisotopic (exact) mass is 323 g/mol. The van der Waals surface area contributed by atoms with Gasteiger partial charge in [0.1, 0.15) is 5.82 Å². The predicted octanol–water partition coefficient (Wildman–Crippen LogP) is 4.66. The number of benzene rings is 1. The molecular formula is C17H20F3N3. The second kappa shape index (κ2) is 5.98. The van der Waals surface area contributed by atoms with E-state index >= 15 is 0 Å². The van der Waals surface area contributed by atoms with Gasteiger partial charge in [-0.05, 0) is 43.7 Å². The average molecular weight is 323 g/mol. The van der Waals surface area contributed by atoms with E-state index in [9.17, 15) is 13.2 Å². The molecule has 1 aliphatic rings. The molecule has 0 N–H and O–H groups in total. The van der Waals surface area contributed by atoms with Crippen molar-refractivity contribution >= 4 is 16.7 Å². The summed E-state index contributed by atoms with van der Waals surface area (Å²) < 4.78 is 39.3. The minimum absolute atomic E-state index is 0.227. The fraction of sp³-hybridized carbons (Fsp3) is 0.529. The minimum atomic E-state index is -4.54. The molecule has 0 saturated heterocycles. The van der Waals surface area contributed by atoms with Crippen LogP contribution in [0.2, 0.25) is 0 Å². The number of aromatic nitrogens is 2. The van der Waals surface area contributed by atoms with Gasteiger partial charge in [-0.3, -0.25) is 0 Å². The van der Waals surface area contributed by atoms with Crippen molar-refractivity contribution in [3.8, 4) is 0 Å². The SMILES string of the molecule is CC1CCC(N(C)c2nc(C(F)(F)F)nc3ccccc23)CC1. The Balaban J connectivity index is 2.04. The Labute approximate surface area is 133 Å². The zero-order valence-electron chi connectivity index (χ0n) is 13.3. The smallest absolute Gasteiger partial charge is 0.356 e. The highest BCUT2D eigenvalue weighted by Gasteiger charge is 2.36. The summed E-state index contributed by atoms with van der Waals surface area (Å²) in [5.74, 6) is -0.00256. The van der Waals surface area contributed by atoms with Crippen LogP contribution in [0, 0.1) is 5.92 Å². The van der Waals surface area contributed by atoms with Crippen LogP contribution >= 0.6 is 0 Å². The second-order valence-electron chi connectivity index (χ2n) is 6.41. The highest BCUT2D eigenvalue weighted by molar-refractivity contribution is 5.89. The maximum Gasteiger partial charge on any atom is 0.451 e. The van der Waals surface area contributed by atoms with Crippen molar-refractivity contribution in [3.05, 3.63) is 30.1 Å². The van der Waals surface area contributed by atoms with Crippen LogP contribution in [0.1, 0.15) is 38.4 Å². The number of hydrogen-bond acceptors (Lipinski definition) is 3. The van der Waals surface area contributed by atoms with E-state index in [1.807, 2.05) is 11.9 Å². The van der Waals surface area contributed by atoms with Crippen LogP contribution in [0.5, 0.6) is 0 Å². The van der Waals surface area contributed by atoms with Gasteiger partial charge in [0.15, 0.2) is 0 Å². The number of nitrogens with zero attached hydrogens (tertiary/aromatic N) is 3. The molecule has 0 radical (unpaired) electrons. The number of fused-ring (bicyclic) bond motifs is 1. The fourth-order valence-corrected chi connectivity index (χ4v) is 3.26. The van der Waals surface area contributed by atoms with Crippen LogP contribution in [-0.2, 0) is 6.18 Å². The Hall–Kier alpha value is -1.85. The molecule has 6 heteroatoms. The molecule has 1 saturated carbocycles.